The summed E-state index contributed by atoms with van der Waals surface area (Å²) in [7, 11) is 1.41. The van der Waals surface area contributed by atoms with E-state index in [1.54, 1.807) is 0 Å². The minimum absolute atomic E-state index is 0.0185. The minimum atomic E-state index is -1.81. The molecule has 0 bridgehead atoms. The van der Waals surface area contributed by atoms with Gasteiger partial charge in [-0.25, -0.2) is 9.69 Å². The third kappa shape index (κ3) is 7.12. The van der Waals surface area contributed by atoms with Gasteiger partial charge in [-0.15, -0.1) is 0 Å². The Labute approximate surface area is 290 Å². The highest BCUT2D eigenvalue weighted by Gasteiger charge is 2.47. The largest absolute Gasteiger partial charge is 0.493 e. The standard InChI is InChI=1S/C34H37N3O14/c1-47-25-13-20-22(14-26(25)48-16-18-6-3-2-4-7-18)36(32(43)21-8-5-11-35(21)31(20)42)34(44)49-17-19-9-10-24(23(12-19)37(45)46)50-33-30(41)29(40)28(39)27(15-38)51-33/h2-4,6-7,9-10,12-14,21,27-30,32-33,38-41,43H,5,8,11,15-17H2,1H3. The second kappa shape index (κ2) is 15.1. The van der Waals surface area contributed by atoms with Crippen LogP contribution in [-0.4, -0.2) is 111 Å². The van der Waals surface area contributed by atoms with Gasteiger partial charge >= 0.3 is 11.8 Å². The normalized spacial score (nSPS) is 25.8. The van der Waals surface area contributed by atoms with Crippen LogP contribution in [0.4, 0.5) is 16.2 Å². The van der Waals surface area contributed by atoms with Crippen molar-refractivity contribution in [3.8, 4) is 17.2 Å². The van der Waals surface area contributed by atoms with Crippen LogP contribution in [0.25, 0.3) is 0 Å². The van der Waals surface area contributed by atoms with Crippen molar-refractivity contribution in [2.45, 2.75) is 69.0 Å². The fourth-order valence-electron chi connectivity index (χ4n) is 6.36. The summed E-state index contributed by atoms with van der Waals surface area (Å²) in [5.74, 6) is -0.365. The number of hydrogen-bond donors (Lipinski definition) is 5. The molecule has 3 aromatic rings. The summed E-state index contributed by atoms with van der Waals surface area (Å²) >= 11 is 0. The van der Waals surface area contributed by atoms with Crippen molar-refractivity contribution in [3.05, 3.63) is 87.5 Å². The summed E-state index contributed by atoms with van der Waals surface area (Å²) in [5, 5.41) is 63.4. The summed E-state index contributed by atoms with van der Waals surface area (Å²) in [6.45, 7) is -0.733. The van der Waals surface area contributed by atoms with Gasteiger partial charge in [-0.3, -0.25) is 14.9 Å². The minimum Gasteiger partial charge on any atom is -0.493 e. The van der Waals surface area contributed by atoms with Gasteiger partial charge in [0, 0.05) is 18.7 Å². The van der Waals surface area contributed by atoms with E-state index < -0.39 is 78.8 Å². The Bertz CT molecular complexity index is 1760. The summed E-state index contributed by atoms with van der Waals surface area (Å²) in [6, 6.07) is 15.0. The van der Waals surface area contributed by atoms with Crippen LogP contribution in [0.2, 0.25) is 0 Å². The molecule has 2 fully saturated rings. The Morgan fingerprint density at radius 2 is 1.73 bits per heavy atom. The van der Waals surface area contributed by atoms with Crippen LogP contribution in [0.3, 0.4) is 0 Å². The van der Waals surface area contributed by atoms with Crippen molar-refractivity contribution in [1.29, 1.82) is 0 Å². The molecule has 272 valence electrons. The van der Waals surface area contributed by atoms with Gasteiger partial charge < -0.3 is 54.1 Å². The van der Waals surface area contributed by atoms with Crippen LogP contribution in [-0.2, 0) is 22.7 Å². The highest BCUT2D eigenvalue weighted by atomic mass is 16.7. The van der Waals surface area contributed by atoms with E-state index in [1.165, 1.54) is 30.2 Å². The summed E-state index contributed by atoms with van der Waals surface area (Å²) < 4.78 is 27.9. The number of rotatable bonds is 10. The summed E-state index contributed by atoms with van der Waals surface area (Å²) in [4.78, 5) is 41.2. The Hall–Kier alpha value is -5.04. The number of ether oxygens (including phenoxy) is 5. The average Bonchev–Trinajstić information content (AvgIpc) is 3.61. The molecule has 17 nitrogen and oxygen atoms in total. The van der Waals surface area contributed by atoms with E-state index in [0.29, 0.717) is 19.4 Å². The molecule has 3 aliphatic rings. The molecule has 0 aliphatic carbocycles. The monoisotopic (exact) mass is 711 g/mol. The molecule has 6 rings (SSSR count). The zero-order valence-electron chi connectivity index (χ0n) is 27.3. The molecular formula is C34H37N3O14. The highest BCUT2D eigenvalue weighted by molar-refractivity contribution is 6.06. The lowest BCUT2D eigenvalue weighted by atomic mass is 9.99. The number of aliphatic hydroxyl groups is 5. The smallest absolute Gasteiger partial charge is 0.416 e. The maximum Gasteiger partial charge on any atom is 0.416 e. The third-order valence-electron chi connectivity index (χ3n) is 9.05. The molecule has 2 saturated heterocycles. The predicted molar refractivity (Wildman–Crippen MR) is 174 cm³/mol. The lowest BCUT2D eigenvalue weighted by molar-refractivity contribution is -0.387. The molecule has 17 heteroatoms. The van der Waals surface area contributed by atoms with Gasteiger partial charge in [0.25, 0.3) is 5.91 Å². The molecule has 0 saturated carbocycles. The van der Waals surface area contributed by atoms with E-state index in [-0.39, 0.29) is 40.7 Å². The lowest BCUT2D eigenvalue weighted by Gasteiger charge is -2.39. The second-order valence-corrected chi connectivity index (χ2v) is 12.2. The van der Waals surface area contributed by atoms with Gasteiger partial charge in [-0.2, -0.15) is 0 Å². The van der Waals surface area contributed by atoms with E-state index >= 15 is 0 Å². The molecule has 5 N–H and O–H groups in total. The quantitative estimate of drug-likeness (QED) is 0.148. The molecule has 51 heavy (non-hydrogen) atoms. The lowest BCUT2D eigenvalue weighted by Crippen LogP contribution is -2.60. The maximum atomic E-state index is 13.8. The van der Waals surface area contributed by atoms with Crippen molar-refractivity contribution in [2.24, 2.45) is 0 Å². The molecule has 3 aliphatic heterocycles. The molecule has 3 aromatic carbocycles. The molecule has 7 unspecified atom stereocenters. The fraction of sp³-hybridized carbons (Fsp3) is 0.412. The van der Waals surface area contributed by atoms with E-state index in [4.69, 9.17) is 23.7 Å². The number of carbonyl (C=O) groups is 2. The first-order valence-corrected chi connectivity index (χ1v) is 16.1. The summed E-state index contributed by atoms with van der Waals surface area (Å²) in [6.07, 6.45) is -9.75. The van der Waals surface area contributed by atoms with Crippen molar-refractivity contribution in [2.75, 3.05) is 25.2 Å². The van der Waals surface area contributed by atoms with E-state index in [0.717, 1.165) is 22.6 Å². The van der Waals surface area contributed by atoms with Crippen LogP contribution in [0.1, 0.15) is 34.3 Å². The molecule has 2 amide bonds. The third-order valence-corrected chi connectivity index (χ3v) is 9.05. The molecule has 0 spiro atoms. The van der Waals surface area contributed by atoms with Gasteiger partial charge in [0.15, 0.2) is 23.5 Å². The number of benzene rings is 3. The molecule has 0 radical (unpaired) electrons. The van der Waals surface area contributed by atoms with Crippen LogP contribution in [0.15, 0.2) is 60.7 Å². The number of nitrogens with zero attached hydrogens (tertiary/aromatic N) is 3. The Balaban J connectivity index is 1.25. The van der Waals surface area contributed by atoms with Crippen molar-refractivity contribution >= 4 is 23.4 Å². The Morgan fingerprint density at radius 1 is 0.961 bits per heavy atom. The fourth-order valence-corrected chi connectivity index (χ4v) is 6.36. The van der Waals surface area contributed by atoms with Crippen LogP contribution < -0.4 is 19.1 Å². The van der Waals surface area contributed by atoms with E-state index in [1.807, 2.05) is 30.3 Å². The average molecular weight is 712 g/mol. The highest BCUT2D eigenvalue weighted by Crippen LogP contribution is 2.42. The zero-order valence-corrected chi connectivity index (χ0v) is 27.3. The number of carbonyl (C=O) groups excluding carboxylic acids is 2. The van der Waals surface area contributed by atoms with Crippen LogP contribution in [0, 0.1) is 10.1 Å². The van der Waals surface area contributed by atoms with Gasteiger partial charge in [-0.1, -0.05) is 36.4 Å². The number of hydrogen-bond acceptors (Lipinski definition) is 14. The van der Waals surface area contributed by atoms with Gasteiger partial charge in [0.2, 0.25) is 6.29 Å². The van der Waals surface area contributed by atoms with E-state index in [9.17, 15) is 45.2 Å². The number of amides is 2. The number of nitro groups is 1. The summed E-state index contributed by atoms with van der Waals surface area (Å²) in [5.41, 5.74) is 0.469. The van der Waals surface area contributed by atoms with Gasteiger partial charge in [-0.05, 0) is 36.1 Å². The number of fused-ring (bicyclic) bond motifs is 2. The number of aliphatic hydroxyl groups excluding tert-OH is 5. The molecule has 0 aromatic heterocycles. The molecule has 3 heterocycles. The van der Waals surface area contributed by atoms with Crippen LogP contribution >= 0.6 is 0 Å². The van der Waals surface area contributed by atoms with E-state index in [2.05, 4.69) is 0 Å². The number of anilines is 1. The maximum absolute atomic E-state index is 13.8. The van der Waals surface area contributed by atoms with Crippen molar-refractivity contribution < 1.29 is 63.7 Å². The van der Waals surface area contributed by atoms with Crippen LogP contribution in [0.5, 0.6) is 17.2 Å². The van der Waals surface area contributed by atoms with Crippen molar-refractivity contribution in [1.82, 2.24) is 4.90 Å². The molecule has 7 atom stereocenters. The number of methoxy groups -OCH3 is 1. The SMILES string of the molecule is COc1cc2c(cc1OCc1ccccc1)N(C(=O)OCc1ccc(OC3OC(CO)C(O)C(O)C3O)c([N+](=O)[O-])c1)C(O)C1CCCN1C2=O. The topological polar surface area (TPSA) is 231 Å². The first kappa shape index (κ1) is 35.8. The predicted octanol–water partition coefficient (Wildman–Crippen LogP) is 1.44. The van der Waals surface area contributed by atoms with Gasteiger partial charge in [0.1, 0.15) is 37.6 Å². The van der Waals surface area contributed by atoms with Crippen molar-refractivity contribution in [3.63, 3.8) is 0 Å². The van der Waals surface area contributed by atoms with Gasteiger partial charge in [0.05, 0.1) is 35.9 Å². The molecular weight excluding hydrogens is 674 g/mol. The first-order valence-electron chi connectivity index (χ1n) is 16.1. The zero-order chi connectivity index (χ0) is 36.4. The first-order chi connectivity index (χ1) is 24.5. The Kier molecular flexibility index (Phi) is 10.6. The Morgan fingerprint density at radius 3 is 2.43 bits per heavy atom. The second-order valence-electron chi connectivity index (χ2n) is 12.2. The number of nitro benzene ring substituents is 1.